The van der Waals surface area contributed by atoms with Crippen molar-refractivity contribution >= 4 is 40.3 Å². The van der Waals surface area contributed by atoms with Crippen molar-refractivity contribution in [2.75, 3.05) is 19.0 Å². The van der Waals surface area contributed by atoms with Crippen LogP contribution in [0.1, 0.15) is 21.7 Å². The minimum absolute atomic E-state index is 0.0461. The minimum atomic E-state index is -0.725. The monoisotopic (exact) mass is 453 g/mol. The summed E-state index contributed by atoms with van der Waals surface area (Å²) in [5.74, 6) is -0.0797. The van der Waals surface area contributed by atoms with Crippen LogP contribution in [0.3, 0.4) is 0 Å². The number of aryl methyl sites for hydroxylation is 1. The van der Waals surface area contributed by atoms with Gasteiger partial charge in [-0.1, -0.05) is 29.8 Å². The molecule has 2 aromatic carbocycles. The fourth-order valence-electron chi connectivity index (χ4n) is 3.25. The number of hydrogen-bond donors (Lipinski definition) is 1. The Hall–Kier alpha value is -3.78. The largest absolute Gasteiger partial charge is 0.497 e. The summed E-state index contributed by atoms with van der Waals surface area (Å²) < 4.78 is 17.6. The number of benzene rings is 2. The van der Waals surface area contributed by atoms with Crippen molar-refractivity contribution in [1.29, 1.82) is 0 Å². The molecule has 0 unspecified atom stereocenters. The van der Waals surface area contributed by atoms with E-state index >= 15 is 0 Å². The first-order chi connectivity index (χ1) is 15.5. The van der Waals surface area contributed by atoms with Gasteiger partial charge in [-0.05, 0) is 36.8 Å². The smallest absolute Gasteiger partial charge is 0.375 e. The molecule has 0 fully saturated rings. The molecule has 32 heavy (non-hydrogen) atoms. The number of fused-ring (bicyclic) bond motifs is 1. The number of furan rings is 1. The quantitative estimate of drug-likeness (QED) is 0.415. The highest BCUT2D eigenvalue weighted by atomic mass is 35.5. The Morgan fingerprint density at radius 3 is 2.78 bits per heavy atom. The number of ether oxygens (including phenoxy) is 2. The Bertz CT molecular complexity index is 1290. The van der Waals surface area contributed by atoms with Gasteiger partial charge in [-0.2, -0.15) is 5.10 Å². The van der Waals surface area contributed by atoms with Gasteiger partial charge < -0.3 is 19.2 Å². The van der Waals surface area contributed by atoms with Crippen LogP contribution in [0.5, 0.6) is 5.75 Å². The fourth-order valence-corrected chi connectivity index (χ4v) is 3.45. The third-order valence-electron chi connectivity index (χ3n) is 4.93. The standard InChI is InChI=1S/C23H20ClN3O5/c1-14-17-11-16(30-2)7-8-19(17)32-22(14)23(29)31-13-21(28)26-20-9-10-25-27(20)12-15-5-3-4-6-18(15)24/h3-11H,12-13H2,1-2H3,(H,26,28). The molecule has 0 saturated carbocycles. The second-order valence-electron chi connectivity index (χ2n) is 7.01. The van der Waals surface area contributed by atoms with Gasteiger partial charge in [-0.3, -0.25) is 4.79 Å². The van der Waals surface area contributed by atoms with E-state index < -0.39 is 18.5 Å². The number of methoxy groups -OCH3 is 1. The van der Waals surface area contributed by atoms with Crippen LogP contribution in [0.4, 0.5) is 5.82 Å². The fraction of sp³-hybridized carbons (Fsp3) is 0.174. The van der Waals surface area contributed by atoms with Crippen molar-refractivity contribution < 1.29 is 23.5 Å². The molecule has 0 bridgehead atoms. The van der Waals surface area contributed by atoms with Crippen LogP contribution >= 0.6 is 11.6 Å². The first-order valence-corrected chi connectivity index (χ1v) is 10.1. The molecule has 1 amide bonds. The van der Waals surface area contributed by atoms with Crippen LogP contribution in [0.25, 0.3) is 11.0 Å². The van der Waals surface area contributed by atoms with Gasteiger partial charge in [0.2, 0.25) is 5.76 Å². The Kier molecular flexibility index (Phi) is 6.13. The Balaban J connectivity index is 1.39. The predicted molar refractivity (Wildman–Crippen MR) is 119 cm³/mol. The molecule has 9 heteroatoms. The molecular weight excluding hydrogens is 434 g/mol. The Morgan fingerprint density at radius 1 is 1.19 bits per heavy atom. The van der Waals surface area contributed by atoms with Gasteiger partial charge in [0.15, 0.2) is 6.61 Å². The summed E-state index contributed by atoms with van der Waals surface area (Å²) in [6.45, 7) is 1.65. The van der Waals surface area contributed by atoms with Gasteiger partial charge in [0.05, 0.1) is 19.9 Å². The van der Waals surface area contributed by atoms with E-state index in [4.69, 9.17) is 25.5 Å². The maximum atomic E-state index is 12.5. The average Bonchev–Trinajstić information content (AvgIpc) is 3.37. The summed E-state index contributed by atoms with van der Waals surface area (Å²) in [7, 11) is 1.56. The van der Waals surface area contributed by atoms with E-state index in [1.807, 2.05) is 18.2 Å². The number of amides is 1. The number of nitrogens with one attached hydrogen (secondary N) is 1. The zero-order chi connectivity index (χ0) is 22.7. The Morgan fingerprint density at radius 2 is 2.00 bits per heavy atom. The van der Waals surface area contributed by atoms with Crippen LogP contribution in [-0.2, 0) is 16.1 Å². The van der Waals surface area contributed by atoms with Crippen molar-refractivity contribution in [3.63, 3.8) is 0 Å². The molecule has 164 valence electrons. The first-order valence-electron chi connectivity index (χ1n) is 9.75. The van der Waals surface area contributed by atoms with Gasteiger partial charge in [0.1, 0.15) is 17.2 Å². The highest BCUT2D eigenvalue weighted by Crippen LogP contribution is 2.29. The normalized spacial score (nSPS) is 10.8. The van der Waals surface area contributed by atoms with Crippen molar-refractivity contribution in [1.82, 2.24) is 9.78 Å². The van der Waals surface area contributed by atoms with Crippen molar-refractivity contribution in [3.8, 4) is 5.75 Å². The van der Waals surface area contributed by atoms with Crippen LogP contribution in [0.15, 0.2) is 59.1 Å². The minimum Gasteiger partial charge on any atom is -0.497 e. The highest BCUT2D eigenvalue weighted by molar-refractivity contribution is 6.31. The summed E-state index contributed by atoms with van der Waals surface area (Å²) >= 11 is 6.20. The van der Waals surface area contributed by atoms with E-state index in [0.717, 1.165) is 10.9 Å². The summed E-state index contributed by atoms with van der Waals surface area (Å²) in [5, 5.41) is 8.24. The maximum absolute atomic E-state index is 12.5. The van der Waals surface area contributed by atoms with Gasteiger partial charge in [-0.25, -0.2) is 9.48 Å². The van der Waals surface area contributed by atoms with Crippen LogP contribution < -0.4 is 10.1 Å². The highest BCUT2D eigenvalue weighted by Gasteiger charge is 2.21. The summed E-state index contributed by atoms with van der Waals surface area (Å²) in [6, 6.07) is 14.2. The number of esters is 1. The number of hydrogen-bond acceptors (Lipinski definition) is 6. The molecular formula is C23H20ClN3O5. The summed E-state index contributed by atoms with van der Waals surface area (Å²) in [4.78, 5) is 24.8. The topological polar surface area (TPSA) is 95.6 Å². The molecule has 2 heterocycles. The number of carbonyl (C=O) groups excluding carboxylic acids is 2. The molecule has 0 aliphatic carbocycles. The molecule has 4 aromatic rings. The van der Waals surface area contributed by atoms with Crippen molar-refractivity contribution in [2.45, 2.75) is 13.5 Å². The molecule has 0 spiro atoms. The van der Waals surface area contributed by atoms with Gasteiger partial charge in [-0.15, -0.1) is 0 Å². The lowest BCUT2D eigenvalue weighted by atomic mass is 10.1. The molecule has 0 atom stereocenters. The molecule has 0 aliphatic rings. The lowest BCUT2D eigenvalue weighted by molar-refractivity contribution is -0.119. The van der Waals surface area contributed by atoms with E-state index in [1.54, 1.807) is 55.2 Å². The lowest BCUT2D eigenvalue weighted by Crippen LogP contribution is -2.23. The summed E-state index contributed by atoms with van der Waals surface area (Å²) in [6.07, 6.45) is 1.56. The SMILES string of the molecule is COc1ccc2oc(C(=O)OCC(=O)Nc3ccnn3Cc3ccccc3Cl)c(C)c2c1. The van der Waals surface area contributed by atoms with Gasteiger partial charge in [0, 0.05) is 22.0 Å². The van der Waals surface area contributed by atoms with Crippen LogP contribution in [-0.4, -0.2) is 35.4 Å². The number of halogens is 1. The van der Waals surface area contributed by atoms with E-state index in [1.165, 1.54) is 0 Å². The molecule has 2 aromatic heterocycles. The Labute approximate surface area is 188 Å². The molecule has 0 radical (unpaired) electrons. The van der Waals surface area contributed by atoms with E-state index in [0.29, 0.717) is 34.3 Å². The van der Waals surface area contributed by atoms with E-state index in [-0.39, 0.29) is 5.76 Å². The van der Waals surface area contributed by atoms with E-state index in [2.05, 4.69) is 10.4 Å². The van der Waals surface area contributed by atoms with Crippen molar-refractivity contribution in [3.05, 3.63) is 76.6 Å². The van der Waals surface area contributed by atoms with E-state index in [9.17, 15) is 9.59 Å². The zero-order valence-corrected chi connectivity index (χ0v) is 18.2. The zero-order valence-electron chi connectivity index (χ0n) is 17.4. The van der Waals surface area contributed by atoms with Gasteiger partial charge >= 0.3 is 5.97 Å². The second-order valence-corrected chi connectivity index (χ2v) is 7.42. The van der Waals surface area contributed by atoms with Crippen LogP contribution in [0.2, 0.25) is 5.02 Å². The number of anilines is 1. The second kappa shape index (κ2) is 9.15. The number of aromatic nitrogens is 2. The average molecular weight is 454 g/mol. The molecule has 4 rings (SSSR count). The first kappa shape index (κ1) is 21.5. The molecule has 0 saturated heterocycles. The molecule has 8 nitrogen and oxygen atoms in total. The third-order valence-corrected chi connectivity index (χ3v) is 5.29. The maximum Gasteiger partial charge on any atom is 0.375 e. The number of rotatable bonds is 7. The lowest BCUT2D eigenvalue weighted by Gasteiger charge is -2.10. The van der Waals surface area contributed by atoms with Gasteiger partial charge in [0.25, 0.3) is 5.91 Å². The molecule has 1 N–H and O–H groups in total. The number of carbonyl (C=O) groups is 2. The van der Waals surface area contributed by atoms with Crippen molar-refractivity contribution in [2.24, 2.45) is 0 Å². The summed E-state index contributed by atoms with van der Waals surface area (Å²) in [5.41, 5.74) is 2.00. The number of nitrogens with zero attached hydrogens (tertiary/aromatic N) is 2. The predicted octanol–water partition coefficient (Wildman–Crippen LogP) is 4.44. The van der Waals surface area contributed by atoms with Crippen LogP contribution in [0, 0.1) is 6.92 Å². The molecule has 0 aliphatic heterocycles. The third kappa shape index (κ3) is 4.45.